The number of aromatic nitrogens is 2. The van der Waals surface area contributed by atoms with Crippen LogP contribution in [-0.2, 0) is 12.8 Å². The number of benzene rings is 1. The van der Waals surface area contributed by atoms with Crippen LogP contribution in [0, 0.1) is 5.82 Å². The van der Waals surface area contributed by atoms with Crippen LogP contribution in [0.3, 0.4) is 0 Å². The monoisotopic (exact) mass is 288 g/mol. The van der Waals surface area contributed by atoms with Crippen molar-refractivity contribution in [2.24, 2.45) is 0 Å². The molecule has 0 aliphatic heterocycles. The Balaban J connectivity index is 2.25. The van der Waals surface area contributed by atoms with Gasteiger partial charge in [-0.3, -0.25) is 0 Å². The zero-order chi connectivity index (χ0) is 14.8. The number of aliphatic hydroxyl groups excluding tert-OH is 1. The predicted octanol–water partition coefficient (Wildman–Crippen LogP) is 2.92. The van der Waals surface area contributed by atoms with Gasteiger partial charge in [0, 0.05) is 6.07 Å². The molecule has 1 aromatic heterocycles. The molecular formula is C12H8F4N2O2. The van der Waals surface area contributed by atoms with E-state index in [2.05, 4.69) is 10.2 Å². The summed E-state index contributed by atoms with van der Waals surface area (Å²) in [6.07, 6.45) is -4.81. The third-order valence-corrected chi connectivity index (χ3v) is 2.32. The number of rotatable bonds is 3. The van der Waals surface area contributed by atoms with E-state index in [9.17, 15) is 17.6 Å². The average molecular weight is 288 g/mol. The molecule has 0 atom stereocenters. The van der Waals surface area contributed by atoms with Gasteiger partial charge in [-0.1, -0.05) is 0 Å². The van der Waals surface area contributed by atoms with Crippen molar-refractivity contribution in [2.45, 2.75) is 12.8 Å². The lowest BCUT2D eigenvalue weighted by Crippen LogP contribution is -2.08. The van der Waals surface area contributed by atoms with Crippen LogP contribution in [0.15, 0.2) is 30.3 Å². The lowest BCUT2D eigenvalue weighted by atomic mass is 10.2. The van der Waals surface area contributed by atoms with Crippen LogP contribution in [0.1, 0.15) is 11.3 Å². The van der Waals surface area contributed by atoms with E-state index in [0.717, 1.165) is 6.07 Å². The highest BCUT2D eigenvalue weighted by atomic mass is 19.4. The Morgan fingerprint density at radius 3 is 2.40 bits per heavy atom. The minimum atomic E-state index is -4.81. The fourth-order valence-electron chi connectivity index (χ4n) is 1.39. The maximum atomic E-state index is 13.1. The molecular weight excluding hydrogens is 280 g/mol. The van der Waals surface area contributed by atoms with Gasteiger partial charge >= 0.3 is 6.18 Å². The molecule has 0 aliphatic rings. The van der Waals surface area contributed by atoms with Crippen molar-refractivity contribution < 1.29 is 27.4 Å². The minimum Gasteiger partial charge on any atom is -0.438 e. The Morgan fingerprint density at radius 2 is 1.85 bits per heavy atom. The van der Waals surface area contributed by atoms with Gasteiger partial charge in [-0.25, -0.2) is 4.39 Å². The molecule has 8 heteroatoms. The number of ether oxygens (including phenoxy) is 1. The van der Waals surface area contributed by atoms with Gasteiger partial charge in [-0.15, -0.1) is 10.2 Å². The lowest BCUT2D eigenvalue weighted by Gasteiger charge is -2.10. The van der Waals surface area contributed by atoms with Crippen molar-refractivity contribution in [1.82, 2.24) is 10.2 Å². The summed E-state index contributed by atoms with van der Waals surface area (Å²) in [7, 11) is 0. The lowest BCUT2D eigenvalue weighted by molar-refractivity contribution is -0.140. The Labute approximate surface area is 110 Å². The van der Waals surface area contributed by atoms with Crippen molar-refractivity contribution in [1.29, 1.82) is 0 Å². The molecule has 0 fully saturated rings. The molecule has 0 spiro atoms. The Bertz CT molecular complexity index is 599. The summed E-state index contributed by atoms with van der Waals surface area (Å²) in [6, 6.07) is 4.97. The maximum Gasteiger partial charge on any atom is 0.419 e. The van der Waals surface area contributed by atoms with E-state index in [0.29, 0.717) is 12.1 Å². The molecule has 0 aliphatic carbocycles. The van der Waals surface area contributed by atoms with E-state index in [1.165, 1.54) is 12.1 Å². The molecule has 0 radical (unpaired) electrons. The second kappa shape index (κ2) is 5.41. The number of nitrogens with zero attached hydrogens (tertiary/aromatic N) is 2. The molecule has 2 aromatic rings. The molecule has 4 nitrogen and oxygen atoms in total. The first kappa shape index (κ1) is 14.2. The van der Waals surface area contributed by atoms with Crippen LogP contribution >= 0.6 is 0 Å². The number of halogens is 4. The summed E-state index contributed by atoms with van der Waals surface area (Å²) in [5.74, 6) is -1.67. The maximum absolute atomic E-state index is 13.1. The highest BCUT2D eigenvalue weighted by molar-refractivity contribution is 5.34. The van der Waals surface area contributed by atoms with Crippen LogP contribution in [0.4, 0.5) is 17.6 Å². The van der Waals surface area contributed by atoms with Crippen LogP contribution in [0.2, 0.25) is 0 Å². The van der Waals surface area contributed by atoms with Gasteiger partial charge in [-0.05, 0) is 24.3 Å². The van der Waals surface area contributed by atoms with Crippen molar-refractivity contribution in [2.75, 3.05) is 0 Å². The van der Waals surface area contributed by atoms with E-state index in [1.807, 2.05) is 0 Å². The first-order valence-corrected chi connectivity index (χ1v) is 5.38. The number of aliphatic hydroxyl groups is 1. The normalized spacial score (nSPS) is 11.4. The van der Waals surface area contributed by atoms with Gasteiger partial charge in [0.15, 0.2) is 0 Å². The van der Waals surface area contributed by atoms with Crippen LogP contribution in [0.25, 0.3) is 0 Å². The smallest absolute Gasteiger partial charge is 0.419 e. The number of hydrogen-bond donors (Lipinski definition) is 1. The van der Waals surface area contributed by atoms with Gasteiger partial charge in [0.1, 0.15) is 11.6 Å². The van der Waals surface area contributed by atoms with Crippen molar-refractivity contribution in [3.05, 3.63) is 47.4 Å². The number of hydrogen-bond acceptors (Lipinski definition) is 4. The largest absolute Gasteiger partial charge is 0.438 e. The van der Waals surface area contributed by atoms with Crippen LogP contribution in [0.5, 0.6) is 11.6 Å². The summed E-state index contributed by atoms with van der Waals surface area (Å²) in [5, 5.41) is 15.9. The van der Waals surface area contributed by atoms with E-state index in [4.69, 9.17) is 9.84 Å². The standard InChI is InChI=1S/C12H8F4N2O2/c13-10-3-2-8(5-9(10)12(14,15)16)20-11-4-1-7(6-19)17-18-11/h1-5,19H,6H2. The quantitative estimate of drug-likeness (QED) is 0.882. The van der Waals surface area contributed by atoms with E-state index < -0.39 is 17.6 Å². The fourth-order valence-corrected chi connectivity index (χ4v) is 1.39. The summed E-state index contributed by atoms with van der Waals surface area (Å²) in [5.41, 5.74) is -1.14. The number of alkyl halides is 3. The van der Waals surface area contributed by atoms with Gasteiger partial charge < -0.3 is 9.84 Å². The third-order valence-electron chi connectivity index (χ3n) is 2.32. The molecule has 20 heavy (non-hydrogen) atoms. The zero-order valence-electron chi connectivity index (χ0n) is 9.86. The molecule has 1 heterocycles. The molecule has 0 unspecified atom stereocenters. The van der Waals surface area contributed by atoms with Crippen molar-refractivity contribution in [3.8, 4) is 11.6 Å². The van der Waals surface area contributed by atoms with E-state index >= 15 is 0 Å². The van der Waals surface area contributed by atoms with E-state index in [-0.39, 0.29) is 23.9 Å². The van der Waals surface area contributed by atoms with Gasteiger partial charge in [-0.2, -0.15) is 13.2 Å². The topological polar surface area (TPSA) is 55.2 Å². The third kappa shape index (κ3) is 3.21. The highest BCUT2D eigenvalue weighted by Crippen LogP contribution is 2.34. The average Bonchev–Trinajstić information content (AvgIpc) is 2.40. The van der Waals surface area contributed by atoms with Gasteiger partial charge in [0.2, 0.25) is 5.88 Å². The van der Waals surface area contributed by atoms with Crippen molar-refractivity contribution in [3.63, 3.8) is 0 Å². The summed E-state index contributed by atoms with van der Waals surface area (Å²) in [6.45, 7) is -0.317. The highest BCUT2D eigenvalue weighted by Gasteiger charge is 2.34. The summed E-state index contributed by atoms with van der Waals surface area (Å²) >= 11 is 0. The first-order chi connectivity index (χ1) is 9.40. The van der Waals surface area contributed by atoms with Crippen LogP contribution < -0.4 is 4.74 Å². The molecule has 0 saturated heterocycles. The molecule has 0 saturated carbocycles. The second-order valence-electron chi connectivity index (χ2n) is 3.76. The molecule has 0 amide bonds. The molecule has 0 bridgehead atoms. The van der Waals surface area contributed by atoms with Crippen molar-refractivity contribution >= 4 is 0 Å². The molecule has 106 valence electrons. The predicted molar refractivity (Wildman–Crippen MR) is 59.4 cm³/mol. The molecule has 2 rings (SSSR count). The minimum absolute atomic E-state index is 0.0677. The first-order valence-electron chi connectivity index (χ1n) is 5.38. The molecule has 1 N–H and O–H groups in total. The van der Waals surface area contributed by atoms with E-state index in [1.54, 1.807) is 0 Å². The fraction of sp³-hybridized carbons (Fsp3) is 0.167. The Morgan fingerprint density at radius 1 is 1.10 bits per heavy atom. The second-order valence-corrected chi connectivity index (χ2v) is 3.76. The van der Waals surface area contributed by atoms with Gasteiger partial charge in [0.25, 0.3) is 0 Å². The summed E-state index contributed by atoms with van der Waals surface area (Å²) in [4.78, 5) is 0. The molecule has 1 aromatic carbocycles. The zero-order valence-corrected chi connectivity index (χ0v) is 9.86. The Hall–Kier alpha value is -2.22. The SMILES string of the molecule is OCc1ccc(Oc2ccc(F)c(C(F)(F)F)c2)nn1. The van der Waals surface area contributed by atoms with Gasteiger partial charge in [0.05, 0.1) is 17.9 Å². The Kier molecular flexibility index (Phi) is 3.84. The van der Waals surface area contributed by atoms with Crippen LogP contribution in [-0.4, -0.2) is 15.3 Å². The summed E-state index contributed by atoms with van der Waals surface area (Å²) < 4.78 is 55.7.